The van der Waals surface area contributed by atoms with Crippen molar-refractivity contribution >= 4 is 5.91 Å². The highest BCUT2D eigenvalue weighted by Gasteiger charge is 2.29. The van der Waals surface area contributed by atoms with Gasteiger partial charge in [-0.3, -0.25) is 4.79 Å². The quantitative estimate of drug-likeness (QED) is 0.645. The smallest absolute Gasteiger partial charge is 0.265 e. The molecule has 0 radical (unpaired) electrons. The second kappa shape index (κ2) is 4.38. The highest BCUT2D eigenvalue weighted by Crippen LogP contribution is 2.18. The Morgan fingerprint density at radius 2 is 1.92 bits per heavy atom. The lowest BCUT2D eigenvalue weighted by atomic mass is 10.2. The van der Waals surface area contributed by atoms with Gasteiger partial charge in [-0.1, -0.05) is 6.92 Å². The molecular formula is C8H15F2NO. The second-order valence-electron chi connectivity index (χ2n) is 2.74. The van der Waals surface area contributed by atoms with E-state index in [1.54, 1.807) is 6.92 Å². The van der Waals surface area contributed by atoms with Crippen LogP contribution in [0.3, 0.4) is 0 Å². The van der Waals surface area contributed by atoms with Gasteiger partial charge >= 0.3 is 0 Å². The normalized spacial score (nSPS) is 11.4. The molecule has 12 heavy (non-hydrogen) atoms. The van der Waals surface area contributed by atoms with E-state index in [1.807, 2.05) is 0 Å². The maximum atomic E-state index is 12.8. The molecule has 0 atom stereocenters. The monoisotopic (exact) mass is 179 g/mol. The molecule has 0 aromatic carbocycles. The van der Waals surface area contributed by atoms with Gasteiger partial charge in [0.1, 0.15) is 0 Å². The zero-order valence-electron chi connectivity index (χ0n) is 7.73. The van der Waals surface area contributed by atoms with Gasteiger partial charge in [0.25, 0.3) is 5.92 Å². The highest BCUT2D eigenvalue weighted by molar-refractivity contribution is 5.73. The van der Waals surface area contributed by atoms with Crippen molar-refractivity contribution in [1.29, 1.82) is 0 Å². The zero-order chi connectivity index (χ0) is 9.78. The molecule has 0 bridgehead atoms. The molecule has 0 aromatic heterocycles. The van der Waals surface area contributed by atoms with E-state index in [-0.39, 0.29) is 12.3 Å². The van der Waals surface area contributed by atoms with E-state index < -0.39 is 12.5 Å². The van der Waals surface area contributed by atoms with Gasteiger partial charge in [-0.05, 0) is 6.92 Å². The topological polar surface area (TPSA) is 20.3 Å². The number of carbonyl (C=O) groups excluding carboxylic acids is 1. The average molecular weight is 179 g/mol. The SMILES string of the molecule is CCN(CC(F)(F)CC)C(C)=O. The van der Waals surface area contributed by atoms with Crippen LogP contribution >= 0.6 is 0 Å². The van der Waals surface area contributed by atoms with E-state index >= 15 is 0 Å². The molecule has 0 aliphatic heterocycles. The number of halogens is 2. The van der Waals surface area contributed by atoms with Gasteiger partial charge in [-0.2, -0.15) is 0 Å². The Hall–Kier alpha value is -0.670. The summed E-state index contributed by atoms with van der Waals surface area (Å²) >= 11 is 0. The molecule has 0 aliphatic carbocycles. The van der Waals surface area contributed by atoms with Crippen molar-refractivity contribution in [2.24, 2.45) is 0 Å². The van der Waals surface area contributed by atoms with Crippen molar-refractivity contribution in [1.82, 2.24) is 4.90 Å². The molecule has 0 aromatic rings. The summed E-state index contributed by atoms with van der Waals surface area (Å²) in [5.41, 5.74) is 0. The predicted octanol–water partition coefficient (Wildman–Crippen LogP) is 1.90. The average Bonchev–Trinajstić information content (AvgIpc) is 2.00. The number of amides is 1. The van der Waals surface area contributed by atoms with E-state index in [4.69, 9.17) is 0 Å². The van der Waals surface area contributed by atoms with E-state index in [2.05, 4.69) is 0 Å². The summed E-state index contributed by atoms with van der Waals surface area (Å²) in [5, 5.41) is 0. The number of nitrogens with zero attached hydrogens (tertiary/aromatic N) is 1. The number of hydrogen-bond donors (Lipinski definition) is 0. The number of carbonyl (C=O) groups is 1. The Labute approximate surface area is 71.5 Å². The minimum atomic E-state index is -2.75. The molecule has 0 saturated carbocycles. The van der Waals surface area contributed by atoms with Crippen molar-refractivity contribution in [3.63, 3.8) is 0 Å². The third kappa shape index (κ3) is 3.64. The molecule has 0 aliphatic rings. The Morgan fingerprint density at radius 3 is 2.17 bits per heavy atom. The summed E-state index contributed by atoms with van der Waals surface area (Å²) in [6, 6.07) is 0. The molecule has 0 saturated heterocycles. The maximum Gasteiger partial charge on any atom is 0.265 e. The van der Waals surface area contributed by atoms with E-state index in [0.717, 1.165) is 4.90 Å². The van der Waals surface area contributed by atoms with Gasteiger partial charge in [-0.15, -0.1) is 0 Å². The number of hydrogen-bond acceptors (Lipinski definition) is 1. The molecule has 0 N–H and O–H groups in total. The Morgan fingerprint density at radius 1 is 1.42 bits per heavy atom. The summed E-state index contributed by atoms with van der Waals surface area (Å²) in [7, 11) is 0. The molecule has 72 valence electrons. The van der Waals surface area contributed by atoms with E-state index in [9.17, 15) is 13.6 Å². The van der Waals surface area contributed by atoms with Crippen LogP contribution in [0, 0.1) is 0 Å². The van der Waals surface area contributed by atoms with Crippen molar-refractivity contribution in [2.75, 3.05) is 13.1 Å². The van der Waals surface area contributed by atoms with Gasteiger partial charge < -0.3 is 4.90 Å². The van der Waals surface area contributed by atoms with Crippen LogP contribution in [0.1, 0.15) is 27.2 Å². The number of alkyl halides is 2. The standard InChI is InChI=1S/C8H15F2NO/c1-4-8(9,10)6-11(5-2)7(3)12/h4-6H2,1-3H3. The summed E-state index contributed by atoms with van der Waals surface area (Å²) in [6.45, 7) is 4.27. The fourth-order valence-corrected chi connectivity index (χ4v) is 0.837. The van der Waals surface area contributed by atoms with Crippen molar-refractivity contribution < 1.29 is 13.6 Å². The molecule has 0 fully saturated rings. The van der Waals surface area contributed by atoms with Crippen molar-refractivity contribution in [3.05, 3.63) is 0 Å². The molecule has 0 rings (SSSR count). The molecule has 0 spiro atoms. The first kappa shape index (κ1) is 11.3. The number of rotatable bonds is 4. The minimum absolute atomic E-state index is 0.225. The van der Waals surface area contributed by atoms with Crippen molar-refractivity contribution in [3.8, 4) is 0 Å². The van der Waals surface area contributed by atoms with Crippen LogP contribution in [0.15, 0.2) is 0 Å². The summed E-state index contributed by atoms with van der Waals surface area (Å²) < 4.78 is 25.5. The minimum Gasteiger partial charge on any atom is -0.337 e. The summed E-state index contributed by atoms with van der Waals surface area (Å²) in [5.74, 6) is -3.05. The molecule has 2 nitrogen and oxygen atoms in total. The Balaban J connectivity index is 4.11. The maximum absolute atomic E-state index is 12.8. The Kier molecular flexibility index (Phi) is 4.13. The molecular weight excluding hydrogens is 164 g/mol. The van der Waals surface area contributed by atoms with Crippen molar-refractivity contribution in [2.45, 2.75) is 33.1 Å². The molecule has 1 amide bonds. The van der Waals surface area contributed by atoms with Crippen LogP contribution < -0.4 is 0 Å². The fourth-order valence-electron chi connectivity index (χ4n) is 0.837. The van der Waals surface area contributed by atoms with Crippen LogP contribution in [0.4, 0.5) is 8.78 Å². The van der Waals surface area contributed by atoms with E-state index in [0.29, 0.717) is 6.54 Å². The van der Waals surface area contributed by atoms with Gasteiger partial charge in [0, 0.05) is 19.9 Å². The third-order valence-corrected chi connectivity index (χ3v) is 1.77. The Bertz CT molecular complexity index is 159. The third-order valence-electron chi connectivity index (χ3n) is 1.77. The van der Waals surface area contributed by atoms with Crippen LogP contribution in [0.5, 0.6) is 0 Å². The summed E-state index contributed by atoms with van der Waals surface area (Å²) in [4.78, 5) is 11.9. The van der Waals surface area contributed by atoms with Gasteiger partial charge in [0.05, 0.1) is 6.54 Å². The first-order valence-corrected chi connectivity index (χ1v) is 4.06. The van der Waals surface area contributed by atoms with E-state index in [1.165, 1.54) is 13.8 Å². The zero-order valence-corrected chi connectivity index (χ0v) is 7.73. The van der Waals surface area contributed by atoms with Gasteiger partial charge in [0.15, 0.2) is 0 Å². The van der Waals surface area contributed by atoms with Gasteiger partial charge in [0.2, 0.25) is 5.91 Å². The lowest BCUT2D eigenvalue weighted by Crippen LogP contribution is -2.39. The molecule has 0 heterocycles. The second-order valence-corrected chi connectivity index (χ2v) is 2.74. The molecule has 4 heteroatoms. The predicted molar refractivity (Wildman–Crippen MR) is 43.2 cm³/mol. The lowest BCUT2D eigenvalue weighted by molar-refractivity contribution is -0.134. The van der Waals surface area contributed by atoms with Crippen LogP contribution in [0.25, 0.3) is 0 Å². The largest absolute Gasteiger partial charge is 0.337 e. The fraction of sp³-hybridized carbons (Fsp3) is 0.875. The van der Waals surface area contributed by atoms with Gasteiger partial charge in [-0.25, -0.2) is 8.78 Å². The first-order valence-electron chi connectivity index (χ1n) is 4.06. The first-order chi connectivity index (χ1) is 5.43. The van der Waals surface area contributed by atoms with Crippen LogP contribution in [0.2, 0.25) is 0 Å². The molecule has 0 unspecified atom stereocenters. The summed E-state index contributed by atoms with van der Waals surface area (Å²) in [6.07, 6.45) is -0.225. The van der Waals surface area contributed by atoms with Crippen LogP contribution in [-0.2, 0) is 4.79 Å². The lowest BCUT2D eigenvalue weighted by Gasteiger charge is -2.24. The highest BCUT2D eigenvalue weighted by atomic mass is 19.3. The van der Waals surface area contributed by atoms with Crippen LogP contribution in [-0.4, -0.2) is 29.8 Å².